The van der Waals surface area contributed by atoms with Gasteiger partial charge in [0.05, 0.1) is 6.20 Å². The van der Waals surface area contributed by atoms with Crippen molar-refractivity contribution in [3.63, 3.8) is 0 Å². The first-order chi connectivity index (χ1) is 11.1. The van der Waals surface area contributed by atoms with E-state index in [4.69, 9.17) is 10.2 Å². The molecule has 2 heterocycles. The molecule has 23 heavy (non-hydrogen) atoms. The molecule has 1 fully saturated rings. The molecular weight excluding hydrogens is 290 g/mol. The number of aromatic nitrogens is 1. The number of nitrogens with two attached hydrogens (primary N) is 1. The van der Waals surface area contributed by atoms with Crippen molar-refractivity contribution < 1.29 is 9.21 Å². The summed E-state index contributed by atoms with van der Waals surface area (Å²) in [6.07, 6.45) is 3.65. The summed E-state index contributed by atoms with van der Waals surface area (Å²) in [6.45, 7) is 4.31. The normalized spacial score (nSPS) is 20.9. The minimum atomic E-state index is 0.0685. The summed E-state index contributed by atoms with van der Waals surface area (Å²) < 4.78 is 5.74. The van der Waals surface area contributed by atoms with E-state index < -0.39 is 0 Å². The smallest absolute Gasteiger partial charge is 0.223 e. The fourth-order valence-electron chi connectivity index (χ4n) is 2.94. The molecule has 1 amide bonds. The summed E-state index contributed by atoms with van der Waals surface area (Å²) in [4.78, 5) is 18.5. The van der Waals surface area contributed by atoms with Gasteiger partial charge >= 0.3 is 0 Å². The maximum atomic E-state index is 12.3. The van der Waals surface area contributed by atoms with E-state index in [-0.39, 0.29) is 11.3 Å². The topological polar surface area (TPSA) is 72.4 Å². The van der Waals surface area contributed by atoms with Gasteiger partial charge in [-0.25, -0.2) is 4.98 Å². The van der Waals surface area contributed by atoms with Crippen LogP contribution in [0.2, 0.25) is 0 Å². The Hall–Kier alpha value is -2.14. The lowest BCUT2D eigenvalue weighted by atomic mass is 9.90. The SMILES string of the molecule is CC1(CN)CCN(C(=O)CCc2ncc(-c3ccccc3)o2)C1. The molecule has 3 rings (SSSR count). The average molecular weight is 313 g/mol. The number of hydrogen-bond donors (Lipinski definition) is 1. The Morgan fingerprint density at radius 3 is 2.87 bits per heavy atom. The van der Waals surface area contributed by atoms with Gasteiger partial charge in [0.15, 0.2) is 11.7 Å². The van der Waals surface area contributed by atoms with Crippen LogP contribution in [0.1, 0.15) is 25.7 Å². The zero-order valence-electron chi connectivity index (χ0n) is 13.5. The molecule has 1 atom stereocenters. The van der Waals surface area contributed by atoms with Crippen LogP contribution < -0.4 is 5.73 Å². The Labute approximate surface area is 136 Å². The Kier molecular flexibility index (Phi) is 4.48. The number of aryl methyl sites for hydroxylation is 1. The number of rotatable bonds is 5. The van der Waals surface area contributed by atoms with E-state index in [0.29, 0.717) is 25.3 Å². The second kappa shape index (κ2) is 6.54. The number of oxazole rings is 1. The number of likely N-dealkylation sites (tertiary alicyclic amines) is 1. The van der Waals surface area contributed by atoms with E-state index in [1.54, 1.807) is 6.20 Å². The van der Waals surface area contributed by atoms with Crippen LogP contribution in [0.5, 0.6) is 0 Å². The van der Waals surface area contributed by atoms with Gasteiger partial charge in [0, 0.05) is 31.5 Å². The van der Waals surface area contributed by atoms with Crippen molar-refractivity contribution in [1.29, 1.82) is 0 Å². The highest BCUT2D eigenvalue weighted by Crippen LogP contribution is 2.29. The van der Waals surface area contributed by atoms with Crippen LogP contribution in [-0.4, -0.2) is 35.4 Å². The predicted molar refractivity (Wildman–Crippen MR) is 88.6 cm³/mol. The first-order valence-corrected chi connectivity index (χ1v) is 8.08. The quantitative estimate of drug-likeness (QED) is 0.920. The predicted octanol–water partition coefficient (Wildman–Crippen LogP) is 2.47. The molecule has 1 aromatic heterocycles. The number of hydrogen-bond acceptors (Lipinski definition) is 4. The zero-order chi connectivity index (χ0) is 16.3. The Bertz CT molecular complexity index is 668. The number of benzene rings is 1. The Balaban J connectivity index is 1.55. The summed E-state index contributed by atoms with van der Waals surface area (Å²) in [5, 5.41) is 0. The van der Waals surface area contributed by atoms with Crippen LogP contribution in [0.3, 0.4) is 0 Å². The van der Waals surface area contributed by atoms with Gasteiger partial charge in [-0.2, -0.15) is 0 Å². The highest BCUT2D eigenvalue weighted by Gasteiger charge is 2.34. The van der Waals surface area contributed by atoms with E-state index in [0.717, 1.165) is 30.8 Å². The molecule has 1 aromatic carbocycles. The lowest BCUT2D eigenvalue weighted by molar-refractivity contribution is -0.130. The third kappa shape index (κ3) is 3.62. The Morgan fingerprint density at radius 1 is 1.39 bits per heavy atom. The first kappa shape index (κ1) is 15.7. The fourth-order valence-corrected chi connectivity index (χ4v) is 2.94. The van der Waals surface area contributed by atoms with E-state index in [2.05, 4.69) is 11.9 Å². The van der Waals surface area contributed by atoms with Crippen molar-refractivity contribution in [2.75, 3.05) is 19.6 Å². The third-order valence-corrected chi connectivity index (χ3v) is 4.57. The van der Waals surface area contributed by atoms with Gasteiger partial charge in [-0.3, -0.25) is 4.79 Å². The number of nitrogens with zero attached hydrogens (tertiary/aromatic N) is 2. The van der Waals surface area contributed by atoms with Gasteiger partial charge in [0.1, 0.15) is 0 Å². The molecule has 1 aliphatic heterocycles. The van der Waals surface area contributed by atoms with Crippen LogP contribution >= 0.6 is 0 Å². The molecule has 0 aliphatic carbocycles. The monoisotopic (exact) mass is 313 g/mol. The molecule has 5 nitrogen and oxygen atoms in total. The van der Waals surface area contributed by atoms with Gasteiger partial charge in [0.25, 0.3) is 0 Å². The molecule has 122 valence electrons. The Morgan fingerprint density at radius 2 is 2.17 bits per heavy atom. The molecule has 2 N–H and O–H groups in total. The van der Waals surface area contributed by atoms with Crippen molar-refractivity contribution in [2.24, 2.45) is 11.1 Å². The number of amides is 1. The second-order valence-corrected chi connectivity index (χ2v) is 6.56. The first-order valence-electron chi connectivity index (χ1n) is 8.08. The molecule has 1 aliphatic rings. The van der Waals surface area contributed by atoms with Crippen molar-refractivity contribution >= 4 is 5.91 Å². The summed E-state index contributed by atoms with van der Waals surface area (Å²) >= 11 is 0. The maximum absolute atomic E-state index is 12.3. The molecule has 0 spiro atoms. The van der Waals surface area contributed by atoms with E-state index in [1.165, 1.54) is 0 Å². The summed E-state index contributed by atoms with van der Waals surface area (Å²) in [5.41, 5.74) is 6.86. The summed E-state index contributed by atoms with van der Waals surface area (Å²) in [5.74, 6) is 1.50. The largest absolute Gasteiger partial charge is 0.441 e. The highest BCUT2D eigenvalue weighted by atomic mass is 16.4. The lowest BCUT2D eigenvalue weighted by Gasteiger charge is -2.22. The molecule has 1 unspecified atom stereocenters. The maximum Gasteiger partial charge on any atom is 0.223 e. The van der Waals surface area contributed by atoms with E-state index >= 15 is 0 Å². The summed E-state index contributed by atoms with van der Waals surface area (Å²) in [6, 6.07) is 9.84. The number of carbonyl (C=O) groups excluding carboxylic acids is 1. The van der Waals surface area contributed by atoms with Crippen molar-refractivity contribution in [1.82, 2.24) is 9.88 Å². The molecule has 0 bridgehead atoms. The molecule has 1 saturated heterocycles. The van der Waals surface area contributed by atoms with Crippen LogP contribution in [0.4, 0.5) is 0 Å². The molecule has 0 saturated carbocycles. The molecule has 2 aromatic rings. The van der Waals surface area contributed by atoms with Gasteiger partial charge < -0.3 is 15.1 Å². The average Bonchev–Trinajstić information content (AvgIpc) is 3.21. The fraction of sp³-hybridized carbons (Fsp3) is 0.444. The minimum Gasteiger partial charge on any atom is -0.441 e. The highest BCUT2D eigenvalue weighted by molar-refractivity contribution is 5.76. The van der Waals surface area contributed by atoms with Gasteiger partial charge in [-0.05, 0) is 18.4 Å². The minimum absolute atomic E-state index is 0.0685. The standard InChI is InChI=1S/C18H23N3O2/c1-18(12-19)9-10-21(13-18)17(22)8-7-16-20-11-15(23-16)14-5-3-2-4-6-14/h2-6,11H,7-10,12-13,19H2,1H3. The van der Waals surface area contributed by atoms with Gasteiger partial charge in [-0.1, -0.05) is 37.3 Å². The van der Waals surface area contributed by atoms with E-state index in [1.807, 2.05) is 35.2 Å². The second-order valence-electron chi connectivity index (χ2n) is 6.56. The van der Waals surface area contributed by atoms with Crippen molar-refractivity contribution in [3.05, 3.63) is 42.4 Å². The van der Waals surface area contributed by atoms with Crippen LogP contribution in [-0.2, 0) is 11.2 Å². The van der Waals surface area contributed by atoms with Gasteiger partial charge in [-0.15, -0.1) is 0 Å². The van der Waals surface area contributed by atoms with Crippen LogP contribution in [0.25, 0.3) is 11.3 Å². The van der Waals surface area contributed by atoms with E-state index in [9.17, 15) is 4.79 Å². The summed E-state index contributed by atoms with van der Waals surface area (Å²) in [7, 11) is 0. The lowest BCUT2D eigenvalue weighted by Crippen LogP contribution is -2.34. The van der Waals surface area contributed by atoms with Crippen molar-refractivity contribution in [2.45, 2.75) is 26.2 Å². The van der Waals surface area contributed by atoms with Crippen LogP contribution in [0, 0.1) is 5.41 Å². The van der Waals surface area contributed by atoms with Gasteiger partial charge in [0.2, 0.25) is 5.91 Å². The molecule has 5 heteroatoms. The zero-order valence-corrected chi connectivity index (χ0v) is 13.5. The van der Waals surface area contributed by atoms with Crippen LogP contribution in [0.15, 0.2) is 40.9 Å². The molecule has 0 radical (unpaired) electrons. The molecular formula is C18H23N3O2. The third-order valence-electron chi connectivity index (χ3n) is 4.57. The van der Waals surface area contributed by atoms with Crippen molar-refractivity contribution in [3.8, 4) is 11.3 Å². The number of carbonyl (C=O) groups is 1.